The van der Waals surface area contributed by atoms with Gasteiger partial charge in [0.05, 0.1) is 19.3 Å². The van der Waals surface area contributed by atoms with E-state index in [0.717, 1.165) is 41.5 Å². The number of amides is 1. The molecule has 32 heavy (non-hydrogen) atoms. The van der Waals surface area contributed by atoms with E-state index in [1.165, 1.54) is 0 Å². The van der Waals surface area contributed by atoms with Crippen molar-refractivity contribution in [2.45, 2.75) is 18.7 Å². The zero-order valence-corrected chi connectivity index (χ0v) is 19.2. The summed E-state index contributed by atoms with van der Waals surface area (Å²) in [5.74, 6) is 0.706. The molecule has 3 aromatic carbocycles. The minimum atomic E-state index is -0.0361. The first-order valence-corrected chi connectivity index (χ1v) is 11.8. The number of hydrogen-bond acceptors (Lipinski definition) is 5. The topological polar surface area (TPSA) is 58.8 Å². The smallest absolute Gasteiger partial charge is 0.254 e. The maximum absolute atomic E-state index is 13.7. The van der Waals surface area contributed by atoms with Crippen LogP contribution >= 0.6 is 12.6 Å². The number of carbonyl (C=O) groups excluding carboxylic acids is 1. The Bertz CT molecular complexity index is 1020. The summed E-state index contributed by atoms with van der Waals surface area (Å²) in [5, 5.41) is 2.07. The van der Waals surface area contributed by atoms with Crippen molar-refractivity contribution in [1.29, 1.82) is 0 Å². The summed E-state index contributed by atoms with van der Waals surface area (Å²) in [6.07, 6.45) is 0. The average Bonchev–Trinajstić information content (AvgIpc) is 2.84. The number of ether oxygens (including phenoxy) is 1. The van der Waals surface area contributed by atoms with Crippen LogP contribution in [0.4, 0.5) is 0 Å². The third-order valence-corrected chi connectivity index (χ3v) is 6.47. The molecule has 0 unspecified atom stereocenters. The highest BCUT2D eigenvalue weighted by Crippen LogP contribution is 2.23. The second-order valence-corrected chi connectivity index (χ2v) is 8.75. The molecule has 0 bridgehead atoms. The minimum Gasteiger partial charge on any atom is -0.375 e. The van der Waals surface area contributed by atoms with E-state index in [1.54, 1.807) is 0 Å². The van der Waals surface area contributed by atoms with Gasteiger partial charge in [-0.2, -0.15) is 12.6 Å². The lowest BCUT2D eigenvalue weighted by atomic mass is 10.0. The lowest BCUT2D eigenvalue weighted by molar-refractivity contribution is 0.00618. The maximum Gasteiger partial charge on any atom is 0.254 e. The van der Waals surface area contributed by atoms with Crippen LogP contribution in [0.3, 0.4) is 0 Å². The van der Waals surface area contributed by atoms with Crippen molar-refractivity contribution in [1.82, 2.24) is 9.80 Å². The number of thiol groups is 1. The molecule has 168 valence electrons. The Morgan fingerprint density at radius 3 is 2.59 bits per heavy atom. The number of hydrogen-bond donors (Lipinski definition) is 2. The molecule has 1 aliphatic heterocycles. The largest absolute Gasteiger partial charge is 0.375 e. The third-order valence-electron chi connectivity index (χ3n) is 6.00. The number of carbonyl (C=O) groups is 1. The van der Waals surface area contributed by atoms with E-state index in [-0.39, 0.29) is 18.0 Å². The van der Waals surface area contributed by atoms with Crippen LogP contribution in [-0.2, 0) is 11.3 Å². The molecule has 1 heterocycles. The van der Waals surface area contributed by atoms with Gasteiger partial charge in [-0.25, -0.2) is 0 Å². The second-order valence-electron chi connectivity index (χ2n) is 8.38. The summed E-state index contributed by atoms with van der Waals surface area (Å²) in [7, 11) is 0. The van der Waals surface area contributed by atoms with Crippen LogP contribution in [0.15, 0.2) is 72.8 Å². The molecule has 1 fully saturated rings. The predicted octanol–water partition coefficient (Wildman–Crippen LogP) is 3.44. The van der Waals surface area contributed by atoms with E-state index < -0.39 is 0 Å². The van der Waals surface area contributed by atoms with E-state index in [4.69, 9.17) is 10.5 Å². The molecular formula is C26H31N3O2S. The van der Waals surface area contributed by atoms with Crippen molar-refractivity contribution in [2.24, 2.45) is 5.73 Å². The Hall–Kier alpha value is -2.38. The van der Waals surface area contributed by atoms with E-state index in [0.29, 0.717) is 25.5 Å². The lowest BCUT2D eigenvalue weighted by Gasteiger charge is -2.42. The molecule has 1 saturated heterocycles. The number of rotatable bonds is 8. The standard InChI is InChI=1S/C26H31N3O2S/c27-22(19-32)15-28-13-14-29(23(16-28)18-31-17-20-7-2-1-3-8-20)26(30)25-12-6-10-21-9-4-5-11-24(21)25/h1-12,22-23,32H,13-19,27H2/t22-,23+/m1/s1. The number of fused-ring (bicyclic) bond motifs is 1. The molecule has 0 saturated carbocycles. The summed E-state index contributed by atoms with van der Waals surface area (Å²) >= 11 is 4.33. The maximum atomic E-state index is 13.7. The first-order chi connectivity index (χ1) is 15.7. The van der Waals surface area contributed by atoms with Crippen molar-refractivity contribution in [3.63, 3.8) is 0 Å². The molecule has 0 spiro atoms. The summed E-state index contributed by atoms with van der Waals surface area (Å²) in [6.45, 7) is 3.98. The molecule has 1 aliphatic rings. The van der Waals surface area contributed by atoms with Crippen LogP contribution in [0.25, 0.3) is 10.8 Å². The molecule has 0 radical (unpaired) electrons. The van der Waals surface area contributed by atoms with Gasteiger partial charge in [-0.15, -0.1) is 0 Å². The van der Waals surface area contributed by atoms with Gasteiger partial charge in [0.15, 0.2) is 0 Å². The lowest BCUT2D eigenvalue weighted by Crippen LogP contribution is -2.58. The summed E-state index contributed by atoms with van der Waals surface area (Å²) < 4.78 is 6.08. The van der Waals surface area contributed by atoms with Crippen molar-refractivity contribution in [3.05, 3.63) is 83.9 Å². The molecule has 2 atom stereocenters. The van der Waals surface area contributed by atoms with Gasteiger partial charge >= 0.3 is 0 Å². The van der Waals surface area contributed by atoms with E-state index in [9.17, 15) is 4.79 Å². The fourth-order valence-corrected chi connectivity index (χ4v) is 4.45. The van der Waals surface area contributed by atoms with Gasteiger partial charge < -0.3 is 15.4 Å². The van der Waals surface area contributed by atoms with Gasteiger partial charge in [-0.1, -0.05) is 66.7 Å². The van der Waals surface area contributed by atoms with Crippen LogP contribution in [-0.4, -0.2) is 66.3 Å². The molecule has 0 aliphatic carbocycles. The van der Waals surface area contributed by atoms with Gasteiger partial charge in [0.25, 0.3) is 5.91 Å². The molecule has 0 aromatic heterocycles. The van der Waals surface area contributed by atoms with Crippen LogP contribution in [0.2, 0.25) is 0 Å². The molecule has 3 aromatic rings. The van der Waals surface area contributed by atoms with Crippen molar-refractivity contribution >= 4 is 29.3 Å². The number of benzene rings is 3. The van der Waals surface area contributed by atoms with Crippen molar-refractivity contribution < 1.29 is 9.53 Å². The third kappa shape index (κ3) is 5.51. The first kappa shape index (κ1) is 22.8. The number of nitrogens with zero attached hydrogens (tertiary/aromatic N) is 2. The van der Waals surface area contributed by atoms with Gasteiger partial charge in [-0.3, -0.25) is 9.69 Å². The zero-order valence-electron chi connectivity index (χ0n) is 18.3. The number of nitrogens with two attached hydrogens (primary N) is 1. The van der Waals surface area contributed by atoms with Crippen LogP contribution < -0.4 is 5.73 Å². The predicted molar refractivity (Wildman–Crippen MR) is 133 cm³/mol. The molecule has 6 heteroatoms. The zero-order chi connectivity index (χ0) is 22.3. The summed E-state index contributed by atoms with van der Waals surface area (Å²) in [4.78, 5) is 18.0. The van der Waals surface area contributed by atoms with Crippen LogP contribution in [0.1, 0.15) is 15.9 Å². The Morgan fingerprint density at radius 2 is 1.78 bits per heavy atom. The van der Waals surface area contributed by atoms with Gasteiger partial charge in [-0.05, 0) is 22.4 Å². The fourth-order valence-electron chi connectivity index (χ4n) is 4.34. The summed E-state index contributed by atoms with van der Waals surface area (Å²) in [6, 6.07) is 24.1. The van der Waals surface area contributed by atoms with E-state index >= 15 is 0 Å². The van der Waals surface area contributed by atoms with Gasteiger partial charge in [0, 0.05) is 43.5 Å². The summed E-state index contributed by atoms with van der Waals surface area (Å²) in [5.41, 5.74) is 8.02. The van der Waals surface area contributed by atoms with Gasteiger partial charge in [0.2, 0.25) is 0 Å². The average molecular weight is 450 g/mol. The highest BCUT2D eigenvalue weighted by Gasteiger charge is 2.32. The normalized spacial score (nSPS) is 18.1. The molecule has 1 amide bonds. The van der Waals surface area contributed by atoms with Crippen molar-refractivity contribution in [3.8, 4) is 0 Å². The van der Waals surface area contributed by atoms with Crippen LogP contribution in [0.5, 0.6) is 0 Å². The SMILES string of the molecule is N[C@@H](CS)CN1CCN(C(=O)c2cccc3ccccc23)[C@H](COCc2ccccc2)C1. The van der Waals surface area contributed by atoms with E-state index in [2.05, 4.69) is 29.7 Å². The first-order valence-electron chi connectivity index (χ1n) is 11.1. The van der Waals surface area contributed by atoms with Gasteiger partial charge in [0.1, 0.15) is 0 Å². The quantitative estimate of drug-likeness (QED) is 0.517. The molecule has 5 nitrogen and oxygen atoms in total. The highest BCUT2D eigenvalue weighted by atomic mass is 32.1. The van der Waals surface area contributed by atoms with Crippen LogP contribution in [0, 0.1) is 0 Å². The molecule has 2 N–H and O–H groups in total. The Morgan fingerprint density at radius 1 is 1.03 bits per heavy atom. The number of piperazine rings is 1. The molecular weight excluding hydrogens is 418 g/mol. The Labute approximate surface area is 195 Å². The Balaban J connectivity index is 1.51. The highest BCUT2D eigenvalue weighted by molar-refractivity contribution is 7.80. The second kappa shape index (κ2) is 11.0. The monoisotopic (exact) mass is 449 g/mol. The Kier molecular flexibility index (Phi) is 7.81. The fraction of sp³-hybridized carbons (Fsp3) is 0.346. The molecule has 4 rings (SSSR count). The minimum absolute atomic E-state index is 0.0181. The van der Waals surface area contributed by atoms with E-state index in [1.807, 2.05) is 65.6 Å². The van der Waals surface area contributed by atoms with Crippen molar-refractivity contribution in [2.75, 3.05) is 38.5 Å².